The maximum absolute atomic E-state index is 5.46. The summed E-state index contributed by atoms with van der Waals surface area (Å²) < 4.78 is 1.03. The first-order valence-electron chi connectivity index (χ1n) is 3.87. The summed E-state index contributed by atoms with van der Waals surface area (Å²) in [6.45, 7) is 0. The van der Waals surface area contributed by atoms with Crippen molar-refractivity contribution in [3.8, 4) is 12.3 Å². The van der Waals surface area contributed by atoms with E-state index in [9.17, 15) is 0 Å². The van der Waals surface area contributed by atoms with Crippen molar-refractivity contribution in [3.05, 3.63) is 28.5 Å². The third-order valence-electron chi connectivity index (χ3n) is 2.24. The van der Waals surface area contributed by atoms with E-state index in [1.807, 2.05) is 12.1 Å². The van der Waals surface area contributed by atoms with Gasteiger partial charge < -0.3 is 0 Å². The Bertz CT molecular complexity index is 347. The zero-order chi connectivity index (χ0) is 8.60. The Balaban J connectivity index is 2.48. The van der Waals surface area contributed by atoms with Crippen LogP contribution in [0, 0.1) is 12.3 Å². The molecule has 60 valence electrons. The summed E-state index contributed by atoms with van der Waals surface area (Å²) in [4.78, 5) is 4.29. The summed E-state index contributed by atoms with van der Waals surface area (Å²) in [5.74, 6) is 2.82. The molecule has 2 rings (SSSR count). The van der Waals surface area contributed by atoms with Gasteiger partial charge >= 0.3 is 0 Å². The van der Waals surface area contributed by atoms with Gasteiger partial charge in [0.05, 0.1) is 11.1 Å². The van der Waals surface area contributed by atoms with E-state index in [0.29, 0.717) is 0 Å². The van der Waals surface area contributed by atoms with E-state index in [-0.39, 0.29) is 5.41 Å². The van der Waals surface area contributed by atoms with Crippen LogP contribution in [-0.4, -0.2) is 4.98 Å². The van der Waals surface area contributed by atoms with Gasteiger partial charge in [-0.15, -0.1) is 6.42 Å². The van der Waals surface area contributed by atoms with Crippen LogP contribution in [0.1, 0.15) is 18.5 Å². The molecule has 0 bridgehead atoms. The van der Waals surface area contributed by atoms with Crippen molar-refractivity contribution in [3.63, 3.8) is 0 Å². The normalized spacial score (nSPS) is 18.3. The lowest BCUT2D eigenvalue weighted by Crippen LogP contribution is -2.05. The molecule has 12 heavy (non-hydrogen) atoms. The van der Waals surface area contributed by atoms with Crippen LogP contribution in [0.2, 0.25) is 0 Å². The molecule has 0 atom stereocenters. The van der Waals surface area contributed by atoms with Crippen LogP contribution < -0.4 is 0 Å². The maximum atomic E-state index is 5.46. The van der Waals surface area contributed by atoms with Crippen molar-refractivity contribution >= 4 is 15.9 Å². The van der Waals surface area contributed by atoms with Crippen molar-refractivity contribution in [1.29, 1.82) is 0 Å². The molecule has 0 radical (unpaired) electrons. The lowest BCUT2D eigenvalue weighted by Gasteiger charge is -2.07. The van der Waals surface area contributed by atoms with Crippen molar-refractivity contribution in [2.45, 2.75) is 18.3 Å². The average molecular weight is 222 g/mol. The van der Waals surface area contributed by atoms with Gasteiger partial charge in [-0.25, -0.2) is 0 Å². The second-order valence-corrected chi connectivity index (χ2v) is 3.91. The van der Waals surface area contributed by atoms with Crippen LogP contribution in [0.25, 0.3) is 0 Å². The molecule has 0 aromatic carbocycles. The Morgan fingerprint density at radius 2 is 2.33 bits per heavy atom. The minimum atomic E-state index is -0.0555. The summed E-state index contributed by atoms with van der Waals surface area (Å²) in [6.07, 6.45) is 9.39. The zero-order valence-corrected chi connectivity index (χ0v) is 8.13. The van der Waals surface area contributed by atoms with Crippen LogP contribution >= 0.6 is 15.9 Å². The standard InChI is InChI=1S/C10H8BrN/c1-2-10(5-6-10)9-8(11)4-3-7-12-9/h1,3-4,7H,5-6H2. The SMILES string of the molecule is C#CC1(c2ncccc2Br)CC1. The smallest absolute Gasteiger partial charge is 0.0744 e. The fourth-order valence-electron chi connectivity index (χ4n) is 1.31. The maximum Gasteiger partial charge on any atom is 0.0744 e. The predicted molar refractivity (Wildman–Crippen MR) is 51.7 cm³/mol. The number of pyridine rings is 1. The van der Waals surface area contributed by atoms with E-state index in [2.05, 4.69) is 26.8 Å². The van der Waals surface area contributed by atoms with E-state index >= 15 is 0 Å². The fraction of sp³-hybridized carbons (Fsp3) is 0.300. The van der Waals surface area contributed by atoms with Crippen LogP contribution in [-0.2, 0) is 5.41 Å². The van der Waals surface area contributed by atoms with Gasteiger partial charge in [0, 0.05) is 10.7 Å². The summed E-state index contributed by atoms with van der Waals surface area (Å²) in [7, 11) is 0. The molecule has 0 unspecified atom stereocenters. The highest BCUT2D eigenvalue weighted by Crippen LogP contribution is 2.48. The second-order valence-electron chi connectivity index (χ2n) is 3.06. The first-order chi connectivity index (χ1) is 5.78. The molecule has 0 amide bonds. The van der Waals surface area contributed by atoms with Gasteiger partial charge in [-0.3, -0.25) is 4.98 Å². The third-order valence-corrected chi connectivity index (χ3v) is 2.88. The lowest BCUT2D eigenvalue weighted by molar-refractivity contribution is 0.862. The molecule has 1 aliphatic rings. The van der Waals surface area contributed by atoms with Gasteiger partial charge in [0.2, 0.25) is 0 Å². The van der Waals surface area contributed by atoms with Crippen LogP contribution in [0.5, 0.6) is 0 Å². The van der Waals surface area contributed by atoms with Crippen molar-refractivity contribution in [2.24, 2.45) is 0 Å². The van der Waals surface area contributed by atoms with Gasteiger partial charge in [0.15, 0.2) is 0 Å². The Kier molecular flexibility index (Phi) is 1.69. The van der Waals surface area contributed by atoms with Gasteiger partial charge in [-0.05, 0) is 40.9 Å². The van der Waals surface area contributed by atoms with Crippen molar-refractivity contribution in [2.75, 3.05) is 0 Å². The van der Waals surface area contributed by atoms with Crippen LogP contribution in [0.3, 0.4) is 0 Å². The zero-order valence-electron chi connectivity index (χ0n) is 6.55. The molecule has 0 N–H and O–H groups in total. The highest BCUT2D eigenvalue weighted by atomic mass is 79.9. The van der Waals surface area contributed by atoms with Crippen molar-refractivity contribution < 1.29 is 0 Å². The highest BCUT2D eigenvalue weighted by molar-refractivity contribution is 9.10. The number of terminal acetylenes is 1. The van der Waals surface area contributed by atoms with E-state index in [4.69, 9.17) is 6.42 Å². The molecule has 1 heterocycles. The quantitative estimate of drug-likeness (QED) is 0.665. The number of hydrogen-bond donors (Lipinski definition) is 0. The molecule has 1 nitrogen and oxygen atoms in total. The second kappa shape index (κ2) is 2.60. The molecule has 0 spiro atoms. The Labute approximate surface area is 80.3 Å². The lowest BCUT2D eigenvalue weighted by atomic mass is 10.0. The summed E-state index contributed by atoms with van der Waals surface area (Å²) in [6, 6.07) is 3.89. The molecule has 0 saturated heterocycles. The first-order valence-corrected chi connectivity index (χ1v) is 4.66. The molecule has 1 fully saturated rings. The Hall–Kier alpha value is -0.810. The molecule has 1 saturated carbocycles. The Morgan fingerprint density at radius 1 is 1.58 bits per heavy atom. The molecule has 0 aliphatic heterocycles. The number of nitrogens with zero attached hydrogens (tertiary/aromatic N) is 1. The fourth-order valence-corrected chi connectivity index (χ4v) is 1.95. The van der Waals surface area contributed by atoms with Crippen LogP contribution in [0.15, 0.2) is 22.8 Å². The largest absolute Gasteiger partial charge is 0.259 e. The molecule has 1 aromatic rings. The van der Waals surface area contributed by atoms with Gasteiger partial charge in [0.25, 0.3) is 0 Å². The minimum absolute atomic E-state index is 0.0555. The van der Waals surface area contributed by atoms with E-state index in [1.54, 1.807) is 6.20 Å². The molecular formula is C10H8BrN. The first kappa shape index (κ1) is 7.82. The minimum Gasteiger partial charge on any atom is -0.259 e. The van der Waals surface area contributed by atoms with Gasteiger partial charge in [-0.1, -0.05) is 5.92 Å². The van der Waals surface area contributed by atoms with E-state index < -0.39 is 0 Å². The van der Waals surface area contributed by atoms with Crippen molar-refractivity contribution in [1.82, 2.24) is 4.98 Å². The third kappa shape index (κ3) is 1.05. The highest BCUT2D eigenvalue weighted by Gasteiger charge is 2.45. The van der Waals surface area contributed by atoms with Gasteiger partial charge in [-0.2, -0.15) is 0 Å². The van der Waals surface area contributed by atoms with E-state index in [0.717, 1.165) is 23.0 Å². The number of rotatable bonds is 1. The molecule has 1 aliphatic carbocycles. The summed E-state index contributed by atoms with van der Waals surface area (Å²) in [5.41, 5.74) is 0.965. The monoisotopic (exact) mass is 221 g/mol. The Morgan fingerprint density at radius 3 is 2.83 bits per heavy atom. The van der Waals surface area contributed by atoms with Gasteiger partial charge in [0.1, 0.15) is 0 Å². The topological polar surface area (TPSA) is 12.9 Å². The number of aromatic nitrogens is 1. The summed E-state index contributed by atoms with van der Waals surface area (Å²) in [5, 5.41) is 0. The summed E-state index contributed by atoms with van der Waals surface area (Å²) >= 11 is 3.45. The molecule has 2 heteroatoms. The van der Waals surface area contributed by atoms with Crippen LogP contribution in [0.4, 0.5) is 0 Å². The molecule has 1 aromatic heterocycles. The predicted octanol–water partition coefficient (Wildman–Crippen LogP) is 2.51. The van der Waals surface area contributed by atoms with E-state index in [1.165, 1.54) is 0 Å². The molecular weight excluding hydrogens is 214 g/mol. The average Bonchev–Trinajstić information content (AvgIpc) is 2.86. The number of halogens is 1. The number of hydrogen-bond acceptors (Lipinski definition) is 1.